The summed E-state index contributed by atoms with van der Waals surface area (Å²) in [5.74, 6) is 0. The fourth-order valence-corrected chi connectivity index (χ4v) is 2.56. The Balaban J connectivity index is 4.23. The molecule has 0 aromatic rings. The highest BCUT2D eigenvalue weighted by atomic mass is 16.3. The van der Waals surface area contributed by atoms with Gasteiger partial charge in [0.15, 0.2) is 0 Å². The second-order valence-corrected chi connectivity index (χ2v) is 5.95. The largest absolute Gasteiger partial charge is 0.394 e. The highest BCUT2D eigenvalue weighted by Gasteiger charge is 2.26. The summed E-state index contributed by atoms with van der Waals surface area (Å²) in [7, 11) is 0. The van der Waals surface area contributed by atoms with Crippen LogP contribution in [0.25, 0.3) is 0 Å². The first kappa shape index (κ1) is 18.9. The molecular weight excluding hydrogens is 236 g/mol. The molecule has 3 nitrogen and oxygen atoms in total. The van der Waals surface area contributed by atoms with Gasteiger partial charge in [-0.1, -0.05) is 20.8 Å². The zero-order chi connectivity index (χ0) is 14.7. The molecule has 0 heterocycles. The van der Waals surface area contributed by atoms with Crippen LogP contribution >= 0.6 is 0 Å². The van der Waals surface area contributed by atoms with Gasteiger partial charge >= 0.3 is 0 Å². The lowest BCUT2D eigenvalue weighted by molar-refractivity contribution is 0.134. The molecule has 0 aromatic heterocycles. The Morgan fingerprint density at radius 2 is 1.79 bits per heavy atom. The maximum Gasteiger partial charge on any atom is 0.0613 e. The van der Waals surface area contributed by atoms with Crippen LogP contribution in [0.1, 0.15) is 66.7 Å². The van der Waals surface area contributed by atoms with Gasteiger partial charge in [-0.3, -0.25) is 0 Å². The van der Waals surface area contributed by atoms with E-state index in [0.717, 1.165) is 38.8 Å². The van der Waals surface area contributed by atoms with E-state index < -0.39 is 0 Å². The molecule has 0 aliphatic carbocycles. The average Bonchev–Trinajstić information content (AvgIpc) is 2.41. The van der Waals surface area contributed by atoms with Crippen LogP contribution < -0.4 is 5.32 Å². The third-order valence-corrected chi connectivity index (χ3v) is 4.07. The van der Waals surface area contributed by atoms with Crippen LogP contribution in [0.15, 0.2) is 0 Å². The number of aliphatic hydroxyl groups excluding tert-OH is 1. The SMILES string of the molecule is CCCNC(CC)(CO)CCCN(CCC)C(C)C. The third kappa shape index (κ3) is 7.28. The zero-order valence-corrected chi connectivity index (χ0v) is 13.8. The molecule has 0 radical (unpaired) electrons. The number of nitrogens with zero attached hydrogens (tertiary/aromatic N) is 1. The van der Waals surface area contributed by atoms with Crippen molar-refractivity contribution in [3.05, 3.63) is 0 Å². The van der Waals surface area contributed by atoms with E-state index in [9.17, 15) is 5.11 Å². The molecule has 116 valence electrons. The lowest BCUT2D eigenvalue weighted by Gasteiger charge is -2.34. The number of aliphatic hydroxyl groups is 1. The molecule has 0 bridgehead atoms. The van der Waals surface area contributed by atoms with Crippen molar-refractivity contribution in [2.75, 3.05) is 26.2 Å². The number of hydrogen-bond donors (Lipinski definition) is 2. The predicted octanol–water partition coefficient (Wildman–Crippen LogP) is 3.03. The molecule has 0 spiro atoms. The fraction of sp³-hybridized carbons (Fsp3) is 1.00. The predicted molar refractivity (Wildman–Crippen MR) is 84.6 cm³/mol. The van der Waals surface area contributed by atoms with E-state index in [4.69, 9.17) is 0 Å². The summed E-state index contributed by atoms with van der Waals surface area (Å²) in [6.07, 6.45) is 5.55. The number of hydrogen-bond acceptors (Lipinski definition) is 3. The molecule has 3 heteroatoms. The van der Waals surface area contributed by atoms with Crippen molar-refractivity contribution in [2.24, 2.45) is 0 Å². The van der Waals surface area contributed by atoms with Crippen LogP contribution in [0.4, 0.5) is 0 Å². The van der Waals surface area contributed by atoms with E-state index in [0.29, 0.717) is 6.04 Å². The van der Waals surface area contributed by atoms with Crippen molar-refractivity contribution in [3.63, 3.8) is 0 Å². The molecule has 0 aliphatic rings. The summed E-state index contributed by atoms with van der Waals surface area (Å²) in [5, 5.41) is 13.3. The van der Waals surface area contributed by atoms with Crippen molar-refractivity contribution in [1.82, 2.24) is 10.2 Å². The summed E-state index contributed by atoms with van der Waals surface area (Å²) in [5.41, 5.74) is -0.0646. The quantitative estimate of drug-likeness (QED) is 0.573. The van der Waals surface area contributed by atoms with Crippen molar-refractivity contribution in [2.45, 2.75) is 78.3 Å². The van der Waals surface area contributed by atoms with Crippen LogP contribution in [0.2, 0.25) is 0 Å². The second kappa shape index (κ2) is 10.6. The molecular formula is C16H36N2O. The summed E-state index contributed by atoms with van der Waals surface area (Å²) >= 11 is 0. The number of nitrogens with one attached hydrogen (secondary N) is 1. The van der Waals surface area contributed by atoms with E-state index in [1.54, 1.807) is 0 Å². The van der Waals surface area contributed by atoms with E-state index in [-0.39, 0.29) is 12.1 Å². The molecule has 0 saturated heterocycles. The molecule has 0 fully saturated rings. The van der Waals surface area contributed by atoms with Crippen LogP contribution in [0.5, 0.6) is 0 Å². The molecule has 0 amide bonds. The van der Waals surface area contributed by atoms with Crippen molar-refractivity contribution < 1.29 is 5.11 Å². The van der Waals surface area contributed by atoms with Gasteiger partial charge in [0, 0.05) is 11.6 Å². The van der Waals surface area contributed by atoms with Crippen LogP contribution in [-0.4, -0.2) is 47.8 Å². The fourth-order valence-electron chi connectivity index (χ4n) is 2.56. The lowest BCUT2D eigenvalue weighted by atomic mass is 9.91. The topological polar surface area (TPSA) is 35.5 Å². The van der Waals surface area contributed by atoms with Gasteiger partial charge < -0.3 is 15.3 Å². The molecule has 0 aromatic carbocycles. The average molecular weight is 272 g/mol. The molecule has 1 unspecified atom stereocenters. The van der Waals surface area contributed by atoms with Gasteiger partial charge in [0.05, 0.1) is 6.61 Å². The Kier molecular flexibility index (Phi) is 10.6. The standard InChI is InChI=1S/C16H36N2O/c1-6-11-17-16(8-3,14-19)10-9-13-18(12-7-2)15(4)5/h15,17,19H,6-14H2,1-5H3. The van der Waals surface area contributed by atoms with Gasteiger partial charge in [-0.05, 0) is 65.6 Å². The van der Waals surface area contributed by atoms with Crippen molar-refractivity contribution in [1.29, 1.82) is 0 Å². The normalized spacial score (nSPS) is 15.2. The maximum atomic E-state index is 9.70. The third-order valence-electron chi connectivity index (χ3n) is 4.07. The highest BCUT2D eigenvalue weighted by Crippen LogP contribution is 2.18. The Morgan fingerprint density at radius 1 is 1.11 bits per heavy atom. The lowest BCUT2D eigenvalue weighted by Crippen LogP contribution is -2.49. The van der Waals surface area contributed by atoms with E-state index in [1.807, 2.05) is 0 Å². The van der Waals surface area contributed by atoms with E-state index in [2.05, 4.69) is 44.8 Å². The molecule has 0 saturated carbocycles. The van der Waals surface area contributed by atoms with E-state index >= 15 is 0 Å². The summed E-state index contributed by atoms with van der Waals surface area (Å²) in [6.45, 7) is 14.7. The first-order valence-corrected chi connectivity index (χ1v) is 8.15. The van der Waals surface area contributed by atoms with Crippen LogP contribution in [-0.2, 0) is 0 Å². The molecule has 19 heavy (non-hydrogen) atoms. The minimum Gasteiger partial charge on any atom is -0.394 e. The van der Waals surface area contributed by atoms with Gasteiger partial charge in [0.25, 0.3) is 0 Å². The van der Waals surface area contributed by atoms with Gasteiger partial charge in [0.1, 0.15) is 0 Å². The molecule has 2 N–H and O–H groups in total. The Labute approximate surface area is 120 Å². The molecule has 1 atom stereocenters. The van der Waals surface area contributed by atoms with Crippen LogP contribution in [0, 0.1) is 0 Å². The summed E-state index contributed by atoms with van der Waals surface area (Å²) in [4.78, 5) is 2.54. The monoisotopic (exact) mass is 272 g/mol. The second-order valence-electron chi connectivity index (χ2n) is 5.95. The smallest absolute Gasteiger partial charge is 0.0613 e. The first-order chi connectivity index (χ1) is 9.05. The summed E-state index contributed by atoms with van der Waals surface area (Å²) in [6, 6.07) is 0.619. The number of rotatable bonds is 12. The molecule has 0 aliphatic heterocycles. The summed E-state index contributed by atoms with van der Waals surface area (Å²) < 4.78 is 0. The Hall–Kier alpha value is -0.120. The van der Waals surface area contributed by atoms with Crippen molar-refractivity contribution >= 4 is 0 Å². The van der Waals surface area contributed by atoms with E-state index in [1.165, 1.54) is 13.0 Å². The zero-order valence-electron chi connectivity index (χ0n) is 13.8. The van der Waals surface area contributed by atoms with Gasteiger partial charge in [0.2, 0.25) is 0 Å². The minimum atomic E-state index is -0.0646. The maximum absolute atomic E-state index is 9.70. The van der Waals surface area contributed by atoms with Crippen molar-refractivity contribution in [3.8, 4) is 0 Å². The molecule has 0 rings (SSSR count). The van der Waals surface area contributed by atoms with Gasteiger partial charge in [-0.15, -0.1) is 0 Å². The highest BCUT2D eigenvalue weighted by molar-refractivity contribution is 4.86. The van der Waals surface area contributed by atoms with Crippen LogP contribution in [0.3, 0.4) is 0 Å². The first-order valence-electron chi connectivity index (χ1n) is 8.15. The van der Waals surface area contributed by atoms with Gasteiger partial charge in [-0.25, -0.2) is 0 Å². The Bertz CT molecular complexity index is 203. The minimum absolute atomic E-state index is 0.0646. The Morgan fingerprint density at radius 3 is 2.21 bits per heavy atom. The van der Waals surface area contributed by atoms with Gasteiger partial charge in [-0.2, -0.15) is 0 Å².